The molecule has 0 radical (unpaired) electrons. The number of hydrogen-bond donors (Lipinski definition) is 1. The number of ether oxygens (including phenoxy) is 2. The number of anilines is 1. The van der Waals surface area contributed by atoms with Gasteiger partial charge in [-0.15, -0.1) is 0 Å². The van der Waals surface area contributed by atoms with E-state index in [4.69, 9.17) is 14.3 Å². The van der Waals surface area contributed by atoms with Crippen molar-refractivity contribution in [2.45, 2.75) is 55.6 Å². The molecule has 1 aliphatic heterocycles. The molecule has 1 amide bonds. The molecule has 1 aliphatic carbocycles. The highest BCUT2D eigenvalue weighted by Crippen LogP contribution is 2.28. The maximum Gasteiger partial charge on any atom is 0.280 e. The molecule has 2 aromatic heterocycles. The Morgan fingerprint density at radius 3 is 2.59 bits per heavy atom. The number of rotatable bonds is 12. The molecule has 3 heterocycles. The lowest BCUT2D eigenvalue weighted by molar-refractivity contribution is -0.110. The van der Waals surface area contributed by atoms with E-state index in [1.165, 1.54) is 30.6 Å². The van der Waals surface area contributed by atoms with Gasteiger partial charge >= 0.3 is 0 Å². The van der Waals surface area contributed by atoms with Crippen LogP contribution < -0.4 is 10.1 Å². The van der Waals surface area contributed by atoms with Crippen LogP contribution in [0.25, 0.3) is 10.3 Å². The number of carbonyl (C=O) groups is 1. The number of likely N-dealkylation sites (tertiary alicyclic amines) is 1. The summed E-state index contributed by atoms with van der Waals surface area (Å²) in [6, 6.07) is 9.74. The third kappa shape index (κ3) is 7.59. The Morgan fingerprint density at radius 1 is 1.10 bits per heavy atom. The maximum atomic E-state index is 13.4. The van der Waals surface area contributed by atoms with Gasteiger partial charge in [0.15, 0.2) is 20.7 Å². The van der Waals surface area contributed by atoms with Crippen molar-refractivity contribution in [1.82, 2.24) is 14.9 Å². The van der Waals surface area contributed by atoms with Gasteiger partial charge in [0.2, 0.25) is 5.88 Å². The molecule has 1 saturated carbocycles. The number of aromatic nitrogens is 2. The van der Waals surface area contributed by atoms with E-state index < -0.39 is 15.7 Å². The minimum absolute atomic E-state index is 0.0253. The van der Waals surface area contributed by atoms with Crippen LogP contribution in [0.1, 0.15) is 44.1 Å². The Morgan fingerprint density at radius 2 is 1.88 bits per heavy atom. The van der Waals surface area contributed by atoms with Crippen molar-refractivity contribution in [2.75, 3.05) is 44.9 Å². The van der Waals surface area contributed by atoms with Crippen molar-refractivity contribution in [3.8, 4) is 5.88 Å². The lowest BCUT2D eigenvalue weighted by atomic mass is 10.1. The zero-order chi connectivity index (χ0) is 28.8. The molecule has 13 heteroatoms. The summed E-state index contributed by atoms with van der Waals surface area (Å²) in [5.41, 5.74) is 1.12. The number of carbonyl (C=O) groups excluding carboxylic acids is 1. The number of hydrogen-bond acceptors (Lipinski definition) is 11. The second-order valence-electron chi connectivity index (χ2n) is 10.4. The number of pyridine rings is 1. The predicted octanol–water partition coefficient (Wildman–Crippen LogP) is 3.89. The van der Waals surface area contributed by atoms with Crippen molar-refractivity contribution in [3.63, 3.8) is 0 Å². The summed E-state index contributed by atoms with van der Waals surface area (Å²) < 4.78 is 36.3. The molecule has 11 nitrogen and oxygen atoms in total. The van der Waals surface area contributed by atoms with Crippen LogP contribution >= 0.6 is 11.3 Å². The second-order valence-corrected chi connectivity index (χ2v) is 13.5. The van der Waals surface area contributed by atoms with E-state index in [1.807, 2.05) is 6.07 Å². The Labute approximate surface area is 243 Å². The van der Waals surface area contributed by atoms with Gasteiger partial charge in [0, 0.05) is 38.4 Å². The predicted molar refractivity (Wildman–Crippen MR) is 157 cm³/mol. The Hall–Kier alpha value is -3.13. The fraction of sp³-hybridized carbons (Fsp3) is 0.500. The zero-order valence-corrected chi connectivity index (χ0v) is 24.9. The van der Waals surface area contributed by atoms with E-state index in [0.717, 1.165) is 45.2 Å². The number of benzene rings is 1. The number of nitrogens with zero attached hydrogens (tertiary/aromatic N) is 4. The smallest absolute Gasteiger partial charge is 0.280 e. The Bertz CT molecular complexity index is 1490. The van der Waals surface area contributed by atoms with Crippen molar-refractivity contribution < 1.29 is 27.5 Å². The largest absolute Gasteiger partial charge is 0.473 e. The molecule has 1 N–H and O–H groups in total. The molecule has 3 aromatic rings. The first-order valence-corrected chi connectivity index (χ1v) is 16.3. The molecule has 2 fully saturated rings. The first-order chi connectivity index (χ1) is 19.8. The van der Waals surface area contributed by atoms with Crippen LogP contribution in [0.5, 0.6) is 5.88 Å². The van der Waals surface area contributed by atoms with Crippen molar-refractivity contribution in [3.05, 3.63) is 42.0 Å². The number of thiazole rings is 1. The Kier molecular flexibility index (Phi) is 9.48. The van der Waals surface area contributed by atoms with E-state index in [1.54, 1.807) is 18.2 Å². The van der Waals surface area contributed by atoms with Crippen molar-refractivity contribution in [1.29, 1.82) is 0 Å². The lowest BCUT2D eigenvalue weighted by Crippen LogP contribution is -2.25. The molecule has 220 valence electrons. The highest BCUT2D eigenvalue weighted by molar-refractivity contribution is 7.91. The summed E-state index contributed by atoms with van der Waals surface area (Å²) in [4.78, 5) is 31.3. The average molecular weight is 602 g/mol. The standard InChI is InChI=1S/C28H35N5O6S2/c1-33-15-14-21(18-33)38-24-13-12-23-27(30-24)40-28(29-23)31-26(34)25(32-39-20-6-3-4-7-20)19-8-10-22(11-9-19)41(35,36)17-5-16-37-2/h8-13,20-21H,3-7,14-18H2,1-2H3,(H,29,31,34)/t21-/m1/s1. The molecule has 1 aromatic carbocycles. The van der Waals surface area contributed by atoms with Gasteiger partial charge in [0.25, 0.3) is 5.91 Å². The Balaban J connectivity index is 1.33. The van der Waals surface area contributed by atoms with Gasteiger partial charge in [0.05, 0.1) is 10.6 Å². The van der Waals surface area contributed by atoms with Gasteiger partial charge in [0.1, 0.15) is 22.6 Å². The molecule has 0 unspecified atom stereocenters. The minimum atomic E-state index is -3.48. The van der Waals surface area contributed by atoms with Crippen LogP contribution in [0.4, 0.5) is 5.13 Å². The number of sulfone groups is 1. The fourth-order valence-electron chi connectivity index (χ4n) is 4.91. The second kappa shape index (κ2) is 13.2. The van der Waals surface area contributed by atoms with E-state index >= 15 is 0 Å². The summed E-state index contributed by atoms with van der Waals surface area (Å²) in [5.74, 6) is -0.00489. The molecule has 1 saturated heterocycles. The highest BCUT2D eigenvalue weighted by atomic mass is 32.2. The molecule has 5 rings (SSSR count). The topological polar surface area (TPSA) is 132 Å². The molecule has 41 heavy (non-hydrogen) atoms. The van der Waals surface area contributed by atoms with E-state index in [9.17, 15) is 13.2 Å². The molecule has 0 spiro atoms. The van der Waals surface area contributed by atoms with Crippen molar-refractivity contribution >= 4 is 48.3 Å². The van der Waals surface area contributed by atoms with Gasteiger partial charge < -0.3 is 19.2 Å². The maximum absolute atomic E-state index is 13.4. The summed E-state index contributed by atoms with van der Waals surface area (Å²) in [5, 5.41) is 7.42. The third-order valence-corrected chi connectivity index (χ3v) is 9.84. The molecular weight excluding hydrogens is 566 g/mol. The molecule has 2 aliphatic rings. The van der Waals surface area contributed by atoms with Gasteiger partial charge in [-0.05, 0) is 63.8 Å². The molecule has 1 atom stereocenters. The average Bonchev–Trinajstić information content (AvgIpc) is 3.70. The number of amides is 1. The summed E-state index contributed by atoms with van der Waals surface area (Å²) >= 11 is 1.24. The zero-order valence-electron chi connectivity index (χ0n) is 23.2. The van der Waals surface area contributed by atoms with Gasteiger partial charge in [-0.2, -0.15) is 0 Å². The number of methoxy groups -OCH3 is 1. The number of oxime groups is 1. The summed E-state index contributed by atoms with van der Waals surface area (Å²) in [6.07, 6.45) is 5.26. The first-order valence-electron chi connectivity index (χ1n) is 13.8. The van der Waals surface area contributed by atoms with Gasteiger partial charge in [-0.25, -0.2) is 18.4 Å². The van der Waals surface area contributed by atoms with Gasteiger partial charge in [-0.3, -0.25) is 10.1 Å². The van der Waals surface area contributed by atoms with Crippen LogP contribution in [0.2, 0.25) is 0 Å². The molecule has 0 bridgehead atoms. The monoisotopic (exact) mass is 601 g/mol. The van der Waals surface area contributed by atoms with Crippen LogP contribution in [-0.4, -0.2) is 86.7 Å². The van der Waals surface area contributed by atoms with Crippen molar-refractivity contribution in [2.24, 2.45) is 5.16 Å². The number of fused-ring (bicyclic) bond motifs is 1. The SMILES string of the molecule is COCCCS(=O)(=O)c1ccc(C(=NOC2CCCC2)C(=O)Nc2nc3ccc(O[C@@H]4CCN(C)C4)nc3s2)cc1. The van der Waals surface area contributed by atoms with Crippen LogP contribution in [0.3, 0.4) is 0 Å². The number of nitrogens with one attached hydrogen (secondary N) is 1. The third-order valence-electron chi connectivity index (χ3n) is 7.14. The van der Waals surface area contributed by atoms with Gasteiger partial charge in [-0.1, -0.05) is 28.6 Å². The first kappa shape index (κ1) is 29.4. The summed E-state index contributed by atoms with van der Waals surface area (Å²) in [6.45, 7) is 2.21. The number of likely N-dealkylation sites (N-methyl/N-ethyl adjacent to an activating group) is 1. The van der Waals surface area contributed by atoms with E-state index in [-0.39, 0.29) is 28.6 Å². The quantitative estimate of drug-likeness (QED) is 0.187. The van der Waals surface area contributed by atoms with E-state index in [0.29, 0.717) is 39.9 Å². The molecular formula is C28H35N5O6S2. The fourth-order valence-corrected chi connectivity index (χ4v) is 7.02. The van der Waals surface area contributed by atoms with Crippen LogP contribution in [-0.2, 0) is 24.2 Å². The summed E-state index contributed by atoms with van der Waals surface area (Å²) in [7, 11) is 0.122. The minimum Gasteiger partial charge on any atom is -0.473 e. The van der Waals surface area contributed by atoms with Crippen LogP contribution in [0, 0.1) is 0 Å². The normalized spacial score (nSPS) is 18.7. The lowest BCUT2D eigenvalue weighted by Gasteiger charge is -2.12. The van der Waals surface area contributed by atoms with E-state index in [2.05, 4.69) is 32.4 Å². The highest BCUT2D eigenvalue weighted by Gasteiger charge is 2.24. The van der Waals surface area contributed by atoms with Crippen LogP contribution in [0.15, 0.2) is 46.4 Å².